The minimum Gasteiger partial charge on any atom is -0.399 e. The Morgan fingerprint density at radius 1 is 1.09 bits per heavy atom. The van der Waals surface area contributed by atoms with Gasteiger partial charge in [-0.1, -0.05) is 49.7 Å². The molecule has 2 aromatic carbocycles. The van der Waals surface area contributed by atoms with Crippen LogP contribution in [-0.4, -0.2) is 12.5 Å². The summed E-state index contributed by atoms with van der Waals surface area (Å²) in [7, 11) is 0. The van der Waals surface area contributed by atoms with E-state index in [2.05, 4.69) is 50.4 Å². The lowest BCUT2D eigenvalue weighted by molar-refractivity contribution is 0.0945. The number of amides is 1. The normalized spacial score (nSPS) is 10.8. The zero-order chi connectivity index (χ0) is 16.3. The second-order valence-corrected chi connectivity index (χ2v) is 6.51. The molecule has 0 aromatic heterocycles. The number of aryl methyl sites for hydroxylation is 2. The quantitative estimate of drug-likeness (QED) is 0.831. The lowest BCUT2D eigenvalue weighted by Crippen LogP contribution is -2.37. The smallest absolute Gasteiger partial charge is 0.251 e. The Hall–Kier alpha value is -2.00. The van der Waals surface area contributed by atoms with Gasteiger partial charge in [-0.25, -0.2) is 0 Å². The van der Waals surface area contributed by atoms with Crippen molar-refractivity contribution < 1.29 is 4.79 Å². The molecule has 0 aliphatic heterocycles. The van der Waals surface area contributed by atoms with Crippen LogP contribution in [0.5, 0.6) is 0 Å². The minimum absolute atomic E-state index is 0. The molecule has 0 aliphatic carbocycles. The molecule has 0 unspecified atom stereocenters. The van der Waals surface area contributed by atoms with Gasteiger partial charge in [0, 0.05) is 23.2 Å². The predicted octanol–water partition coefficient (Wildman–Crippen LogP) is 4.02. The topological polar surface area (TPSA) is 55.1 Å². The van der Waals surface area contributed by atoms with Crippen LogP contribution in [0.2, 0.25) is 0 Å². The molecule has 0 spiro atoms. The molecular weight excluding hydrogens is 308 g/mol. The summed E-state index contributed by atoms with van der Waals surface area (Å²) < 4.78 is 0. The van der Waals surface area contributed by atoms with Crippen LogP contribution in [0.15, 0.2) is 42.5 Å². The van der Waals surface area contributed by atoms with E-state index in [0.29, 0.717) is 17.8 Å². The minimum atomic E-state index is -0.127. The van der Waals surface area contributed by atoms with Gasteiger partial charge in [0.1, 0.15) is 0 Å². The van der Waals surface area contributed by atoms with Crippen LogP contribution in [0, 0.1) is 13.8 Å². The van der Waals surface area contributed by atoms with Crippen molar-refractivity contribution in [3.8, 4) is 0 Å². The van der Waals surface area contributed by atoms with Crippen LogP contribution in [0.3, 0.4) is 0 Å². The molecule has 1 amide bonds. The van der Waals surface area contributed by atoms with E-state index in [4.69, 9.17) is 5.73 Å². The third-order valence-corrected chi connectivity index (χ3v) is 4.03. The molecule has 0 fully saturated rings. The van der Waals surface area contributed by atoms with Gasteiger partial charge in [0.05, 0.1) is 0 Å². The number of hydrogen-bond acceptors (Lipinski definition) is 2. The number of hydrogen-bond donors (Lipinski definition) is 2. The summed E-state index contributed by atoms with van der Waals surface area (Å²) in [5, 5.41) is 3.03. The first-order valence-corrected chi connectivity index (χ1v) is 7.51. The standard InChI is InChI=1S/C19H24N2O.ClH/c1-13-5-8-15(9-6-13)19(3,4)12-21-18(22)17-11-16(20)10-7-14(17)2;/h5-11H,12,20H2,1-4H3,(H,21,22);1H. The molecule has 124 valence electrons. The molecule has 23 heavy (non-hydrogen) atoms. The fourth-order valence-electron chi connectivity index (χ4n) is 2.39. The van der Waals surface area contributed by atoms with Crippen LogP contribution < -0.4 is 11.1 Å². The molecule has 0 radical (unpaired) electrons. The molecule has 2 rings (SSSR count). The Balaban J connectivity index is 0.00000264. The zero-order valence-corrected chi connectivity index (χ0v) is 15.0. The van der Waals surface area contributed by atoms with Crippen LogP contribution in [0.4, 0.5) is 5.69 Å². The van der Waals surface area contributed by atoms with E-state index < -0.39 is 0 Å². The molecule has 2 aromatic rings. The fourth-order valence-corrected chi connectivity index (χ4v) is 2.39. The Kier molecular flexibility index (Phi) is 6.22. The van der Waals surface area contributed by atoms with Crippen molar-refractivity contribution in [2.75, 3.05) is 12.3 Å². The van der Waals surface area contributed by atoms with Crippen molar-refractivity contribution in [3.63, 3.8) is 0 Å². The van der Waals surface area contributed by atoms with Crippen molar-refractivity contribution >= 4 is 24.0 Å². The van der Waals surface area contributed by atoms with Gasteiger partial charge in [-0.2, -0.15) is 0 Å². The number of nitrogen functional groups attached to an aromatic ring is 1. The summed E-state index contributed by atoms with van der Waals surface area (Å²) in [4.78, 5) is 12.4. The summed E-state index contributed by atoms with van der Waals surface area (Å²) in [6, 6.07) is 13.8. The number of benzene rings is 2. The highest BCUT2D eigenvalue weighted by Crippen LogP contribution is 2.23. The Labute approximate surface area is 144 Å². The largest absolute Gasteiger partial charge is 0.399 e. The van der Waals surface area contributed by atoms with E-state index in [0.717, 1.165) is 5.56 Å². The Morgan fingerprint density at radius 2 is 1.70 bits per heavy atom. The van der Waals surface area contributed by atoms with Crippen molar-refractivity contribution in [1.29, 1.82) is 0 Å². The van der Waals surface area contributed by atoms with E-state index in [1.54, 1.807) is 6.07 Å². The molecule has 0 saturated carbocycles. The molecule has 3 N–H and O–H groups in total. The van der Waals surface area contributed by atoms with Crippen LogP contribution in [0.1, 0.15) is 40.9 Å². The van der Waals surface area contributed by atoms with Crippen LogP contribution >= 0.6 is 12.4 Å². The molecule has 0 aliphatic rings. The third-order valence-electron chi connectivity index (χ3n) is 4.03. The van der Waals surface area contributed by atoms with Gasteiger partial charge in [-0.15, -0.1) is 12.4 Å². The number of nitrogens with one attached hydrogen (secondary N) is 1. The van der Waals surface area contributed by atoms with Gasteiger partial charge >= 0.3 is 0 Å². The van der Waals surface area contributed by atoms with Crippen LogP contribution in [0.25, 0.3) is 0 Å². The summed E-state index contributed by atoms with van der Waals surface area (Å²) >= 11 is 0. The average molecular weight is 333 g/mol. The number of carbonyl (C=O) groups excluding carboxylic acids is 1. The summed E-state index contributed by atoms with van der Waals surface area (Å²) in [5.41, 5.74) is 10.3. The maximum Gasteiger partial charge on any atom is 0.251 e. The summed E-state index contributed by atoms with van der Waals surface area (Å²) in [5.74, 6) is -0.0787. The van der Waals surface area contributed by atoms with Crippen molar-refractivity contribution in [2.24, 2.45) is 0 Å². The number of rotatable bonds is 4. The highest BCUT2D eigenvalue weighted by molar-refractivity contribution is 5.96. The van der Waals surface area contributed by atoms with Gasteiger partial charge in [0.15, 0.2) is 0 Å². The number of halogens is 1. The van der Waals surface area contributed by atoms with E-state index in [-0.39, 0.29) is 23.7 Å². The molecule has 0 heterocycles. The van der Waals surface area contributed by atoms with Gasteiger partial charge < -0.3 is 11.1 Å². The Bertz CT molecular complexity index is 678. The number of nitrogens with two attached hydrogens (primary N) is 1. The molecule has 3 nitrogen and oxygen atoms in total. The van der Waals surface area contributed by atoms with Crippen LogP contribution in [-0.2, 0) is 5.41 Å². The fraction of sp³-hybridized carbons (Fsp3) is 0.316. The van der Waals surface area contributed by atoms with E-state index >= 15 is 0 Å². The molecule has 0 bridgehead atoms. The van der Waals surface area contributed by atoms with Crippen molar-refractivity contribution in [3.05, 3.63) is 64.7 Å². The third kappa shape index (κ3) is 4.73. The first-order valence-electron chi connectivity index (χ1n) is 7.51. The lowest BCUT2D eigenvalue weighted by Gasteiger charge is -2.26. The second-order valence-electron chi connectivity index (χ2n) is 6.51. The molecule has 0 saturated heterocycles. The van der Waals surface area contributed by atoms with Gasteiger partial charge in [-0.05, 0) is 37.1 Å². The number of anilines is 1. The lowest BCUT2D eigenvalue weighted by atomic mass is 9.84. The van der Waals surface area contributed by atoms with Gasteiger partial charge in [-0.3, -0.25) is 4.79 Å². The maximum atomic E-state index is 12.4. The predicted molar refractivity (Wildman–Crippen MR) is 99.4 cm³/mol. The molecule has 4 heteroatoms. The second kappa shape index (κ2) is 7.51. The van der Waals surface area contributed by atoms with Crippen molar-refractivity contribution in [1.82, 2.24) is 5.32 Å². The van der Waals surface area contributed by atoms with E-state index in [1.165, 1.54) is 11.1 Å². The van der Waals surface area contributed by atoms with Gasteiger partial charge in [0.2, 0.25) is 0 Å². The maximum absolute atomic E-state index is 12.4. The summed E-state index contributed by atoms with van der Waals surface area (Å²) in [6.45, 7) is 8.82. The monoisotopic (exact) mass is 332 g/mol. The molecular formula is C19H25ClN2O. The van der Waals surface area contributed by atoms with Gasteiger partial charge in [0.25, 0.3) is 5.91 Å². The van der Waals surface area contributed by atoms with Crippen molar-refractivity contribution in [2.45, 2.75) is 33.1 Å². The molecule has 0 atom stereocenters. The van der Waals surface area contributed by atoms with E-state index in [9.17, 15) is 4.79 Å². The number of carbonyl (C=O) groups is 1. The van der Waals surface area contributed by atoms with E-state index in [1.807, 2.05) is 19.1 Å². The average Bonchev–Trinajstić information content (AvgIpc) is 2.48. The highest BCUT2D eigenvalue weighted by atomic mass is 35.5. The first kappa shape index (κ1) is 19.0. The zero-order valence-electron chi connectivity index (χ0n) is 14.1. The highest BCUT2D eigenvalue weighted by Gasteiger charge is 2.22. The summed E-state index contributed by atoms with van der Waals surface area (Å²) in [6.07, 6.45) is 0. The Morgan fingerprint density at radius 3 is 2.30 bits per heavy atom. The first-order chi connectivity index (χ1) is 10.3. The SMILES string of the molecule is Cc1ccc(C(C)(C)CNC(=O)c2cc(N)ccc2C)cc1.Cl.